The maximum atomic E-state index is 13.3. The van der Waals surface area contributed by atoms with Gasteiger partial charge in [-0.25, -0.2) is 0 Å². The van der Waals surface area contributed by atoms with E-state index in [1.165, 1.54) is 0 Å². The van der Waals surface area contributed by atoms with E-state index in [0.717, 1.165) is 15.8 Å². The van der Waals surface area contributed by atoms with Crippen molar-refractivity contribution in [3.63, 3.8) is 0 Å². The van der Waals surface area contributed by atoms with Crippen molar-refractivity contribution in [2.75, 3.05) is 18.5 Å². The van der Waals surface area contributed by atoms with E-state index in [1.54, 1.807) is 17.4 Å². The van der Waals surface area contributed by atoms with Gasteiger partial charge in [-0.2, -0.15) is 0 Å². The van der Waals surface area contributed by atoms with E-state index in [-0.39, 0.29) is 5.91 Å². The van der Waals surface area contributed by atoms with E-state index in [9.17, 15) is 4.79 Å². The second kappa shape index (κ2) is 9.05. The van der Waals surface area contributed by atoms with Crippen molar-refractivity contribution in [2.45, 2.75) is 20.4 Å². The number of fused-ring (bicyclic) bond motifs is 1. The van der Waals surface area contributed by atoms with Gasteiger partial charge in [-0.3, -0.25) is 4.79 Å². The summed E-state index contributed by atoms with van der Waals surface area (Å²) < 4.78 is 14.4. The molecular formula is C24H24N2O3S. The zero-order chi connectivity index (χ0) is 20.9. The van der Waals surface area contributed by atoms with E-state index in [2.05, 4.69) is 28.1 Å². The summed E-state index contributed by atoms with van der Waals surface area (Å²) in [5, 5.41) is 5.08. The van der Waals surface area contributed by atoms with Crippen LogP contribution in [-0.4, -0.2) is 23.7 Å². The first kappa shape index (κ1) is 20.0. The molecule has 30 heavy (non-hydrogen) atoms. The van der Waals surface area contributed by atoms with E-state index in [4.69, 9.17) is 9.47 Å². The first-order valence-corrected chi connectivity index (χ1v) is 10.9. The van der Waals surface area contributed by atoms with Gasteiger partial charge in [0.2, 0.25) is 0 Å². The molecule has 0 radical (unpaired) electrons. The van der Waals surface area contributed by atoms with Crippen LogP contribution in [0.1, 0.15) is 29.9 Å². The van der Waals surface area contributed by atoms with Crippen LogP contribution in [0.25, 0.3) is 10.2 Å². The molecule has 0 bridgehead atoms. The number of hydrogen-bond donors (Lipinski definition) is 1. The highest BCUT2D eigenvalue weighted by Crippen LogP contribution is 2.31. The fourth-order valence-electron chi connectivity index (χ4n) is 3.43. The molecule has 0 aliphatic heterocycles. The Hall–Kier alpha value is -3.25. The number of ether oxygens (including phenoxy) is 2. The molecule has 4 aromatic rings. The highest BCUT2D eigenvalue weighted by atomic mass is 32.1. The van der Waals surface area contributed by atoms with Gasteiger partial charge in [0.15, 0.2) is 0 Å². The van der Waals surface area contributed by atoms with Crippen LogP contribution in [0.3, 0.4) is 0 Å². The van der Waals surface area contributed by atoms with E-state index in [1.807, 2.05) is 55.6 Å². The van der Waals surface area contributed by atoms with Gasteiger partial charge in [0, 0.05) is 12.6 Å². The van der Waals surface area contributed by atoms with Crippen LogP contribution in [0.2, 0.25) is 0 Å². The third-order valence-electron chi connectivity index (χ3n) is 4.75. The molecule has 0 saturated carbocycles. The van der Waals surface area contributed by atoms with Gasteiger partial charge in [0.05, 0.1) is 29.1 Å². The molecule has 2 heterocycles. The van der Waals surface area contributed by atoms with Gasteiger partial charge in [-0.1, -0.05) is 30.3 Å². The maximum Gasteiger partial charge on any atom is 0.272 e. The molecule has 0 fully saturated rings. The number of amides is 1. The Labute approximate surface area is 179 Å². The van der Waals surface area contributed by atoms with Crippen molar-refractivity contribution in [1.29, 1.82) is 0 Å². The average molecular weight is 421 g/mol. The van der Waals surface area contributed by atoms with Gasteiger partial charge < -0.3 is 19.4 Å². The number of nitrogens with zero attached hydrogens (tertiary/aromatic N) is 1. The van der Waals surface area contributed by atoms with Crippen LogP contribution >= 0.6 is 11.3 Å². The molecule has 0 saturated heterocycles. The first-order chi connectivity index (χ1) is 14.7. The summed E-state index contributed by atoms with van der Waals surface area (Å²) in [6.07, 6.45) is 0. The smallest absolute Gasteiger partial charge is 0.272 e. The van der Waals surface area contributed by atoms with Crippen LogP contribution in [0.15, 0.2) is 66.0 Å². The standard InChI is InChI=1S/C24H24N2O3S/c1-3-28-18-10-11-22(29-4-2)19(14-18)25-24(27)21-15-23-20(12-13-30-23)26(21)16-17-8-6-5-7-9-17/h5-15H,3-4,16H2,1-2H3,(H,25,27). The topological polar surface area (TPSA) is 52.5 Å². The van der Waals surface area contributed by atoms with Gasteiger partial charge >= 0.3 is 0 Å². The summed E-state index contributed by atoms with van der Waals surface area (Å²) in [6.45, 7) is 5.54. The van der Waals surface area contributed by atoms with Crippen molar-refractivity contribution in [3.8, 4) is 11.5 Å². The highest BCUT2D eigenvalue weighted by Gasteiger charge is 2.19. The second-order valence-corrected chi connectivity index (χ2v) is 7.70. The van der Waals surface area contributed by atoms with Gasteiger partial charge in [0.25, 0.3) is 5.91 Å². The molecule has 0 unspecified atom stereocenters. The molecule has 2 aromatic carbocycles. The van der Waals surface area contributed by atoms with Crippen molar-refractivity contribution in [2.24, 2.45) is 0 Å². The Morgan fingerprint density at radius 1 is 1.00 bits per heavy atom. The molecule has 4 rings (SSSR count). The lowest BCUT2D eigenvalue weighted by molar-refractivity contribution is 0.101. The Balaban J connectivity index is 1.68. The zero-order valence-corrected chi connectivity index (χ0v) is 17.9. The summed E-state index contributed by atoms with van der Waals surface area (Å²) >= 11 is 1.63. The molecule has 1 amide bonds. The van der Waals surface area contributed by atoms with Crippen LogP contribution in [0.5, 0.6) is 11.5 Å². The molecule has 2 aromatic heterocycles. The number of anilines is 1. The van der Waals surface area contributed by atoms with Crippen molar-refractivity contribution in [1.82, 2.24) is 4.57 Å². The lowest BCUT2D eigenvalue weighted by Gasteiger charge is -2.15. The largest absolute Gasteiger partial charge is 0.494 e. The molecule has 0 aliphatic carbocycles. The summed E-state index contributed by atoms with van der Waals surface area (Å²) in [6, 6.07) is 19.6. The zero-order valence-electron chi connectivity index (χ0n) is 17.1. The number of thiophene rings is 1. The van der Waals surface area contributed by atoms with Crippen LogP contribution < -0.4 is 14.8 Å². The van der Waals surface area contributed by atoms with Gasteiger partial charge in [-0.15, -0.1) is 11.3 Å². The van der Waals surface area contributed by atoms with E-state index >= 15 is 0 Å². The molecule has 5 nitrogen and oxygen atoms in total. The van der Waals surface area contributed by atoms with Crippen LogP contribution in [0, 0.1) is 0 Å². The molecule has 1 N–H and O–H groups in total. The third kappa shape index (κ3) is 4.19. The van der Waals surface area contributed by atoms with Crippen molar-refractivity contribution >= 4 is 33.1 Å². The Morgan fingerprint density at radius 2 is 1.80 bits per heavy atom. The number of carbonyl (C=O) groups is 1. The number of nitrogens with one attached hydrogen (secondary N) is 1. The summed E-state index contributed by atoms with van der Waals surface area (Å²) in [7, 11) is 0. The summed E-state index contributed by atoms with van der Waals surface area (Å²) in [5.41, 5.74) is 3.42. The normalized spacial score (nSPS) is 10.9. The minimum atomic E-state index is -0.177. The number of benzene rings is 2. The Kier molecular flexibility index (Phi) is 6.05. The van der Waals surface area contributed by atoms with Gasteiger partial charge in [0.1, 0.15) is 17.2 Å². The second-order valence-electron chi connectivity index (χ2n) is 6.75. The van der Waals surface area contributed by atoms with Crippen LogP contribution in [0.4, 0.5) is 5.69 Å². The number of rotatable bonds is 8. The van der Waals surface area contributed by atoms with Crippen molar-refractivity contribution < 1.29 is 14.3 Å². The number of aromatic nitrogens is 1. The van der Waals surface area contributed by atoms with Crippen LogP contribution in [-0.2, 0) is 6.54 Å². The number of hydrogen-bond acceptors (Lipinski definition) is 4. The molecular weight excluding hydrogens is 396 g/mol. The van der Waals surface area contributed by atoms with E-state index < -0.39 is 0 Å². The summed E-state index contributed by atoms with van der Waals surface area (Å²) in [4.78, 5) is 13.3. The molecule has 0 atom stereocenters. The third-order valence-corrected chi connectivity index (χ3v) is 5.60. The molecule has 0 spiro atoms. The maximum absolute atomic E-state index is 13.3. The van der Waals surface area contributed by atoms with Gasteiger partial charge in [-0.05, 0) is 49.1 Å². The minimum Gasteiger partial charge on any atom is -0.494 e. The molecule has 154 valence electrons. The summed E-state index contributed by atoms with van der Waals surface area (Å²) in [5.74, 6) is 1.14. The monoisotopic (exact) mass is 420 g/mol. The Morgan fingerprint density at radius 3 is 2.57 bits per heavy atom. The van der Waals surface area contributed by atoms with E-state index in [0.29, 0.717) is 42.6 Å². The Bertz CT molecular complexity index is 1150. The quantitative estimate of drug-likeness (QED) is 0.392. The SMILES string of the molecule is CCOc1ccc(OCC)c(NC(=O)c2cc3sccc3n2Cc2ccccc2)c1. The molecule has 6 heteroatoms. The predicted molar refractivity (Wildman–Crippen MR) is 122 cm³/mol. The minimum absolute atomic E-state index is 0.177. The average Bonchev–Trinajstić information content (AvgIpc) is 3.34. The highest BCUT2D eigenvalue weighted by molar-refractivity contribution is 7.17. The lowest BCUT2D eigenvalue weighted by Crippen LogP contribution is -2.18. The van der Waals surface area contributed by atoms with Crippen molar-refractivity contribution in [3.05, 3.63) is 77.3 Å². The number of carbonyl (C=O) groups excluding carboxylic acids is 1. The fraction of sp³-hybridized carbons (Fsp3) is 0.208. The lowest BCUT2D eigenvalue weighted by atomic mass is 10.2. The predicted octanol–water partition coefficient (Wildman–Crippen LogP) is 5.80. The molecule has 0 aliphatic rings. The fourth-order valence-corrected chi connectivity index (χ4v) is 4.25. The first-order valence-electron chi connectivity index (χ1n) is 10.0.